The van der Waals surface area contributed by atoms with Gasteiger partial charge < -0.3 is 23.7 Å². The Morgan fingerprint density at radius 2 is 1.34 bits per heavy atom. The van der Waals surface area contributed by atoms with Crippen LogP contribution in [0.2, 0.25) is 0 Å². The second kappa shape index (κ2) is 14.7. The minimum absolute atomic E-state index is 0.00707. The number of carbonyl (C=O) groups is 2. The van der Waals surface area contributed by atoms with E-state index in [2.05, 4.69) is 27.7 Å². The summed E-state index contributed by atoms with van der Waals surface area (Å²) in [6, 6.07) is 17.9. The zero-order chi connectivity index (χ0) is 29.5. The van der Waals surface area contributed by atoms with Crippen molar-refractivity contribution in [3.63, 3.8) is 0 Å². The van der Waals surface area contributed by atoms with E-state index in [-0.39, 0.29) is 24.5 Å². The Balaban J connectivity index is 1.59. The van der Waals surface area contributed by atoms with Crippen molar-refractivity contribution in [1.29, 1.82) is 0 Å². The van der Waals surface area contributed by atoms with Crippen LogP contribution < -0.4 is 0 Å². The molecule has 2 fully saturated rings. The maximum absolute atomic E-state index is 13.1. The molecular formula is C33H44O7S. The van der Waals surface area contributed by atoms with Crippen LogP contribution in [-0.2, 0) is 23.7 Å². The Bertz CT molecular complexity index is 1110. The van der Waals surface area contributed by atoms with Gasteiger partial charge in [0.25, 0.3) is 0 Å². The highest BCUT2D eigenvalue weighted by Gasteiger charge is 2.50. The molecule has 224 valence electrons. The van der Waals surface area contributed by atoms with Gasteiger partial charge in [0.1, 0.15) is 24.3 Å². The molecule has 0 saturated carbocycles. The molecule has 0 spiro atoms. The highest BCUT2D eigenvalue weighted by Crippen LogP contribution is 2.41. The lowest BCUT2D eigenvalue weighted by atomic mass is 9.78. The summed E-state index contributed by atoms with van der Waals surface area (Å²) in [5, 5.41) is 0. The molecule has 2 aromatic carbocycles. The van der Waals surface area contributed by atoms with E-state index in [4.69, 9.17) is 23.7 Å². The Morgan fingerprint density at radius 3 is 1.93 bits per heavy atom. The zero-order valence-electron chi connectivity index (χ0n) is 24.9. The molecule has 2 aliphatic rings. The summed E-state index contributed by atoms with van der Waals surface area (Å²) < 4.78 is 31.7. The van der Waals surface area contributed by atoms with Crippen LogP contribution in [-0.4, -0.2) is 60.4 Å². The van der Waals surface area contributed by atoms with Gasteiger partial charge in [-0.2, -0.15) is 0 Å². The summed E-state index contributed by atoms with van der Waals surface area (Å²) in [5.74, 6) is 0.608. The van der Waals surface area contributed by atoms with Crippen LogP contribution in [0.15, 0.2) is 60.7 Å². The first kappa shape index (κ1) is 31.5. The van der Waals surface area contributed by atoms with Crippen molar-refractivity contribution in [2.75, 3.05) is 12.4 Å². The van der Waals surface area contributed by atoms with E-state index in [1.54, 1.807) is 48.2 Å². The molecule has 0 radical (unpaired) electrons. The summed E-state index contributed by atoms with van der Waals surface area (Å²) in [6.45, 7) is 12.8. The average Bonchev–Trinajstić information content (AvgIpc) is 3.00. The third-order valence-corrected chi connectivity index (χ3v) is 9.67. The molecule has 0 aliphatic carbocycles. The highest BCUT2D eigenvalue weighted by molar-refractivity contribution is 7.99. The molecule has 41 heavy (non-hydrogen) atoms. The quantitative estimate of drug-likeness (QED) is 0.289. The van der Waals surface area contributed by atoms with Crippen LogP contribution in [0.1, 0.15) is 68.7 Å². The van der Waals surface area contributed by atoms with Crippen LogP contribution in [0, 0.1) is 23.7 Å². The number of ether oxygens (including phenoxy) is 5. The van der Waals surface area contributed by atoms with Gasteiger partial charge in [-0.3, -0.25) is 0 Å². The first-order valence-electron chi connectivity index (χ1n) is 14.8. The largest absolute Gasteiger partial charge is 0.459 e. The highest BCUT2D eigenvalue weighted by atomic mass is 32.2. The van der Waals surface area contributed by atoms with Gasteiger partial charge in [0.05, 0.1) is 23.3 Å². The van der Waals surface area contributed by atoms with E-state index in [0.29, 0.717) is 23.0 Å². The first-order valence-corrected chi connectivity index (χ1v) is 15.9. The molecule has 7 nitrogen and oxygen atoms in total. The van der Waals surface area contributed by atoms with E-state index in [1.807, 2.05) is 38.1 Å². The normalized spacial score (nSPS) is 33.6. The molecule has 10 atom stereocenters. The van der Waals surface area contributed by atoms with Gasteiger partial charge >= 0.3 is 11.9 Å². The second-order valence-corrected chi connectivity index (χ2v) is 12.6. The predicted octanol–water partition coefficient (Wildman–Crippen LogP) is 6.61. The molecule has 4 unspecified atom stereocenters. The number of rotatable bonds is 10. The minimum atomic E-state index is -0.573. The fourth-order valence-electron chi connectivity index (χ4n) is 5.75. The van der Waals surface area contributed by atoms with Crippen molar-refractivity contribution in [3.05, 3.63) is 71.8 Å². The van der Waals surface area contributed by atoms with E-state index in [9.17, 15) is 9.59 Å². The second-order valence-electron chi connectivity index (χ2n) is 11.2. The third kappa shape index (κ3) is 7.53. The minimum Gasteiger partial charge on any atom is -0.459 e. The van der Waals surface area contributed by atoms with Crippen LogP contribution in [0.4, 0.5) is 0 Å². The number of esters is 2. The smallest absolute Gasteiger partial charge is 0.338 e. The van der Waals surface area contributed by atoms with Gasteiger partial charge in [0, 0.05) is 11.8 Å². The van der Waals surface area contributed by atoms with Crippen molar-refractivity contribution >= 4 is 23.7 Å². The fourth-order valence-corrected chi connectivity index (χ4v) is 6.80. The van der Waals surface area contributed by atoms with Crippen LogP contribution in [0.3, 0.4) is 0 Å². The summed E-state index contributed by atoms with van der Waals surface area (Å²) in [7, 11) is 0. The van der Waals surface area contributed by atoms with Crippen LogP contribution >= 0.6 is 11.8 Å². The van der Waals surface area contributed by atoms with Gasteiger partial charge in [-0.25, -0.2) is 9.59 Å². The van der Waals surface area contributed by atoms with Gasteiger partial charge in [-0.15, -0.1) is 11.8 Å². The Hall–Kier alpha value is -2.39. The number of benzene rings is 2. The SMILES string of the molecule is CCS[C@@H]1OC(COC(=O)c2ccccc2)[C@@H](O[C@@H]2OC(CC)[C@@H](C)[C@H](C)C2C)[C@H](C)C1OC(=O)c1ccccc1. The van der Waals surface area contributed by atoms with Crippen LogP contribution in [0.5, 0.6) is 0 Å². The molecule has 0 N–H and O–H groups in total. The van der Waals surface area contributed by atoms with E-state index in [1.165, 1.54) is 0 Å². The Morgan fingerprint density at radius 1 is 0.732 bits per heavy atom. The van der Waals surface area contributed by atoms with Gasteiger partial charge in [0.15, 0.2) is 6.29 Å². The summed E-state index contributed by atoms with van der Waals surface area (Å²) in [6.07, 6.45) is -1.17. The van der Waals surface area contributed by atoms with Gasteiger partial charge in [0.2, 0.25) is 0 Å². The molecule has 2 saturated heterocycles. The number of carbonyl (C=O) groups excluding carboxylic acids is 2. The summed E-state index contributed by atoms with van der Waals surface area (Å²) in [5.41, 5.74) is 0.505. The summed E-state index contributed by atoms with van der Waals surface area (Å²) in [4.78, 5) is 26.0. The lowest BCUT2D eigenvalue weighted by Crippen LogP contribution is -2.58. The van der Waals surface area contributed by atoms with Crippen molar-refractivity contribution in [2.45, 2.75) is 84.1 Å². The van der Waals surface area contributed by atoms with E-state index >= 15 is 0 Å². The van der Waals surface area contributed by atoms with Crippen molar-refractivity contribution in [1.82, 2.24) is 0 Å². The number of hydrogen-bond donors (Lipinski definition) is 0. The topological polar surface area (TPSA) is 80.3 Å². The van der Waals surface area contributed by atoms with Gasteiger partial charge in [-0.05, 0) is 48.3 Å². The lowest BCUT2D eigenvalue weighted by Gasteiger charge is -2.49. The maximum Gasteiger partial charge on any atom is 0.338 e. The van der Waals surface area contributed by atoms with E-state index in [0.717, 1.165) is 12.2 Å². The molecule has 0 bridgehead atoms. The molecule has 0 amide bonds. The Labute approximate surface area is 248 Å². The van der Waals surface area contributed by atoms with Crippen molar-refractivity contribution < 1.29 is 33.3 Å². The maximum atomic E-state index is 13.1. The number of hydrogen-bond acceptors (Lipinski definition) is 8. The van der Waals surface area contributed by atoms with E-state index < -0.39 is 42.0 Å². The molecular weight excluding hydrogens is 540 g/mol. The molecule has 2 aliphatic heterocycles. The molecule has 2 heterocycles. The molecule has 2 aromatic rings. The zero-order valence-corrected chi connectivity index (χ0v) is 25.8. The standard InChI is InChI=1S/C33H44O7S/c1-7-26-21(4)20(3)22(5)32(37-26)40-28-23(6)29(39-31(35)25-17-13-10-14-18-25)33(41-8-2)38-27(28)19-36-30(34)24-15-11-9-12-16-24/h9-18,20-23,26-29,32-33H,7-8,19H2,1-6H3/t20-,21-,22?,23-,26?,27?,28-,29?,32-,33-/m0/s1. The van der Waals surface area contributed by atoms with Crippen molar-refractivity contribution in [3.8, 4) is 0 Å². The van der Waals surface area contributed by atoms with Crippen LogP contribution in [0.25, 0.3) is 0 Å². The lowest BCUT2D eigenvalue weighted by molar-refractivity contribution is -0.301. The number of thioether (sulfide) groups is 1. The Kier molecular flexibility index (Phi) is 11.3. The molecule has 0 aromatic heterocycles. The molecule has 8 heteroatoms. The molecule has 4 rings (SSSR count). The van der Waals surface area contributed by atoms with Gasteiger partial charge in [-0.1, -0.05) is 77.9 Å². The average molecular weight is 585 g/mol. The first-order chi connectivity index (χ1) is 19.7. The third-order valence-electron chi connectivity index (χ3n) is 8.63. The fraction of sp³-hybridized carbons (Fsp3) is 0.576. The monoisotopic (exact) mass is 584 g/mol. The summed E-state index contributed by atoms with van der Waals surface area (Å²) >= 11 is 1.56. The van der Waals surface area contributed by atoms with Crippen molar-refractivity contribution in [2.24, 2.45) is 23.7 Å². The predicted molar refractivity (Wildman–Crippen MR) is 160 cm³/mol.